The fourth-order valence-corrected chi connectivity index (χ4v) is 8.85. The number of unbranched alkanes of at least 4 members (excludes halogenated alkanes) is 18. The second-order valence-electron chi connectivity index (χ2n) is 19.0. The van der Waals surface area contributed by atoms with Crippen molar-refractivity contribution in [3.8, 4) is 0 Å². The van der Waals surface area contributed by atoms with Crippen molar-refractivity contribution in [2.24, 2.45) is 0 Å². The Morgan fingerprint density at radius 2 is 0.928 bits per heavy atom. The van der Waals surface area contributed by atoms with Crippen LogP contribution in [0, 0.1) is 0 Å². The van der Waals surface area contributed by atoms with Crippen LogP contribution in [-0.2, 0) is 33.2 Å². The smallest absolute Gasteiger partial charge is 0.220 e. The van der Waals surface area contributed by atoms with Gasteiger partial charge in [0.1, 0.15) is 73.2 Å². The molecule has 0 spiro atoms. The molecule has 0 aromatic carbocycles. The lowest BCUT2D eigenvalue weighted by Crippen LogP contribution is -2.66. The maximum atomic E-state index is 13.1. The number of hydrogen-bond donors (Lipinski definition) is 12. The fourth-order valence-electron chi connectivity index (χ4n) is 8.85. The van der Waals surface area contributed by atoms with Gasteiger partial charge in [-0.2, -0.15) is 0 Å². The molecule has 19 heteroatoms. The van der Waals surface area contributed by atoms with Crippen LogP contribution in [-0.4, -0.2) is 193 Å². The highest BCUT2D eigenvalue weighted by atomic mass is 16.8. The van der Waals surface area contributed by atoms with Crippen LogP contribution in [0.5, 0.6) is 0 Å². The average molecular weight is 994 g/mol. The zero-order valence-electron chi connectivity index (χ0n) is 41.3. The van der Waals surface area contributed by atoms with Gasteiger partial charge < -0.3 is 89.9 Å². The third kappa shape index (κ3) is 21.3. The van der Waals surface area contributed by atoms with Crippen molar-refractivity contribution in [1.82, 2.24) is 5.32 Å². The second-order valence-corrected chi connectivity index (χ2v) is 19.0. The van der Waals surface area contributed by atoms with Crippen LogP contribution in [0.3, 0.4) is 0 Å². The predicted molar refractivity (Wildman–Crippen MR) is 254 cm³/mol. The molecule has 3 heterocycles. The van der Waals surface area contributed by atoms with Crippen molar-refractivity contribution in [2.75, 3.05) is 26.4 Å². The van der Waals surface area contributed by atoms with E-state index in [-0.39, 0.29) is 18.9 Å². The van der Waals surface area contributed by atoms with E-state index in [4.69, 9.17) is 28.4 Å². The Kier molecular flexibility index (Phi) is 31.6. The van der Waals surface area contributed by atoms with E-state index in [0.717, 1.165) is 44.9 Å². The molecule has 19 nitrogen and oxygen atoms in total. The van der Waals surface area contributed by atoms with Gasteiger partial charge in [-0.25, -0.2) is 0 Å². The Bertz CT molecular complexity index is 1380. The molecule has 17 unspecified atom stereocenters. The molecule has 1 amide bonds. The van der Waals surface area contributed by atoms with Crippen LogP contribution in [0.25, 0.3) is 0 Å². The van der Waals surface area contributed by atoms with Gasteiger partial charge in [0.15, 0.2) is 18.9 Å². The van der Waals surface area contributed by atoms with Crippen molar-refractivity contribution < 1.29 is 89.4 Å². The summed E-state index contributed by atoms with van der Waals surface area (Å²) in [6.07, 6.45) is 4.91. The van der Waals surface area contributed by atoms with E-state index in [1.54, 1.807) is 6.08 Å². The number of aliphatic hydroxyl groups excluding tert-OH is 11. The number of carbonyl (C=O) groups excluding carboxylic acids is 1. The molecular formula is C50H91NO18. The molecule has 69 heavy (non-hydrogen) atoms. The monoisotopic (exact) mass is 994 g/mol. The summed E-state index contributed by atoms with van der Waals surface area (Å²) in [5.41, 5.74) is 0. The van der Waals surface area contributed by atoms with Crippen LogP contribution in [0.15, 0.2) is 24.3 Å². The van der Waals surface area contributed by atoms with Gasteiger partial charge in [0.05, 0.1) is 38.6 Å². The van der Waals surface area contributed by atoms with Crippen LogP contribution in [0.4, 0.5) is 0 Å². The maximum Gasteiger partial charge on any atom is 0.220 e. The molecule has 3 rings (SSSR count). The number of rotatable bonds is 36. The van der Waals surface area contributed by atoms with E-state index in [0.29, 0.717) is 12.8 Å². The highest BCUT2D eigenvalue weighted by molar-refractivity contribution is 5.76. The first-order chi connectivity index (χ1) is 33.3. The van der Waals surface area contributed by atoms with Crippen molar-refractivity contribution in [1.29, 1.82) is 0 Å². The summed E-state index contributed by atoms with van der Waals surface area (Å²) < 4.78 is 34.0. The SMILES string of the molecule is CCCCCCCCCCCC/C=C/CC/C=C/C(O)C(COC1OC(CO)C(OC2OC(CO)C(OC3OC(CO)C(O)C(O)C3O)C(O)C2O)C(O)C1O)NC(=O)CCCCCCCCCC. The van der Waals surface area contributed by atoms with Gasteiger partial charge in [-0.05, 0) is 32.1 Å². The van der Waals surface area contributed by atoms with Crippen molar-refractivity contribution in [2.45, 2.75) is 259 Å². The summed E-state index contributed by atoms with van der Waals surface area (Å²) in [5.74, 6) is -0.293. The molecule has 3 saturated heterocycles. The number of amides is 1. The Hall–Kier alpha value is -1.73. The lowest BCUT2D eigenvalue weighted by molar-refractivity contribution is -0.379. The molecule has 3 fully saturated rings. The summed E-state index contributed by atoms with van der Waals surface area (Å²) in [4.78, 5) is 13.1. The van der Waals surface area contributed by atoms with E-state index >= 15 is 0 Å². The van der Waals surface area contributed by atoms with Crippen molar-refractivity contribution in [3.63, 3.8) is 0 Å². The topological polar surface area (TPSA) is 307 Å². The first-order valence-corrected chi connectivity index (χ1v) is 26.1. The summed E-state index contributed by atoms with van der Waals surface area (Å²) in [5, 5.41) is 119. The van der Waals surface area contributed by atoms with Gasteiger partial charge in [0.25, 0.3) is 0 Å². The quantitative estimate of drug-likeness (QED) is 0.0316. The summed E-state index contributed by atoms with van der Waals surface area (Å²) in [7, 11) is 0. The Morgan fingerprint density at radius 1 is 0.507 bits per heavy atom. The molecule has 0 radical (unpaired) electrons. The first kappa shape index (κ1) is 61.6. The third-order valence-electron chi connectivity index (χ3n) is 13.3. The molecule has 0 aromatic rings. The van der Waals surface area contributed by atoms with E-state index < -0.39 is 124 Å². The lowest BCUT2D eigenvalue weighted by atomic mass is 9.96. The van der Waals surface area contributed by atoms with Gasteiger partial charge >= 0.3 is 0 Å². The van der Waals surface area contributed by atoms with Crippen LogP contribution in [0.1, 0.15) is 155 Å². The molecule has 0 aromatic heterocycles. The maximum absolute atomic E-state index is 13.1. The molecule has 3 aliphatic rings. The van der Waals surface area contributed by atoms with E-state index in [1.165, 1.54) is 77.0 Å². The lowest BCUT2D eigenvalue weighted by Gasteiger charge is -2.48. The number of hydrogen-bond acceptors (Lipinski definition) is 18. The first-order valence-electron chi connectivity index (χ1n) is 26.1. The molecule has 0 bridgehead atoms. The summed E-state index contributed by atoms with van der Waals surface area (Å²) >= 11 is 0. The molecule has 0 saturated carbocycles. The normalized spacial score (nSPS) is 33.0. The molecular weight excluding hydrogens is 903 g/mol. The van der Waals surface area contributed by atoms with Gasteiger partial charge in [-0.1, -0.05) is 141 Å². The number of carbonyl (C=O) groups is 1. The minimum atomic E-state index is -1.98. The summed E-state index contributed by atoms with van der Waals surface area (Å²) in [6.45, 7) is 1.62. The zero-order valence-corrected chi connectivity index (χ0v) is 41.3. The minimum Gasteiger partial charge on any atom is -0.394 e. The van der Waals surface area contributed by atoms with Crippen LogP contribution in [0.2, 0.25) is 0 Å². The fraction of sp³-hybridized carbons (Fsp3) is 0.900. The van der Waals surface area contributed by atoms with Crippen LogP contribution < -0.4 is 5.32 Å². The molecule has 3 aliphatic heterocycles. The van der Waals surface area contributed by atoms with Crippen molar-refractivity contribution >= 4 is 5.91 Å². The van der Waals surface area contributed by atoms with Gasteiger partial charge in [0.2, 0.25) is 5.91 Å². The number of nitrogens with one attached hydrogen (secondary N) is 1. The summed E-state index contributed by atoms with van der Waals surface area (Å²) in [6, 6.07) is -0.981. The Balaban J connectivity index is 1.56. The number of aliphatic hydroxyl groups is 11. The largest absolute Gasteiger partial charge is 0.394 e. The third-order valence-corrected chi connectivity index (χ3v) is 13.3. The molecule has 12 N–H and O–H groups in total. The van der Waals surface area contributed by atoms with Crippen LogP contribution >= 0.6 is 0 Å². The Morgan fingerprint density at radius 3 is 1.45 bits per heavy atom. The number of ether oxygens (including phenoxy) is 6. The molecule has 0 aliphatic carbocycles. The van der Waals surface area contributed by atoms with E-state index in [9.17, 15) is 61.0 Å². The highest BCUT2D eigenvalue weighted by Crippen LogP contribution is 2.33. The minimum absolute atomic E-state index is 0.236. The highest BCUT2D eigenvalue weighted by Gasteiger charge is 2.53. The van der Waals surface area contributed by atoms with E-state index in [2.05, 4.69) is 31.3 Å². The number of allylic oxidation sites excluding steroid dienone is 3. The zero-order chi connectivity index (χ0) is 50.6. The molecule has 17 atom stereocenters. The Labute approximate surface area is 409 Å². The predicted octanol–water partition coefficient (Wildman–Crippen LogP) is 2.03. The standard InChI is InChI=1S/C50H91NO18/c1-3-5-7-9-11-13-14-15-16-17-18-19-20-21-23-25-27-34(55)33(51-38(56)28-26-24-22-12-10-8-6-4-2)32-64-48-44(62)41(59)46(36(30-53)66-48)69-50-45(63)42(60)47(37(31-54)67-50)68-49-43(61)40(58)39(57)35(29-52)65-49/h19-20,25,27,33-37,39-50,52-55,57-63H,3-18,21-24,26,28-32H2,1-2H3,(H,51,56)/b20-19+,27-25+. The van der Waals surface area contributed by atoms with Gasteiger partial charge in [0, 0.05) is 6.42 Å². The van der Waals surface area contributed by atoms with E-state index in [1.807, 2.05) is 6.08 Å². The molecule has 404 valence electrons. The van der Waals surface area contributed by atoms with Crippen molar-refractivity contribution in [3.05, 3.63) is 24.3 Å². The van der Waals surface area contributed by atoms with Gasteiger partial charge in [-0.15, -0.1) is 0 Å². The second kappa shape index (κ2) is 35.4. The van der Waals surface area contributed by atoms with Gasteiger partial charge in [-0.3, -0.25) is 4.79 Å². The average Bonchev–Trinajstić information content (AvgIpc) is 3.34.